The molecule has 180 valence electrons. The maximum atomic E-state index is 13.3. The quantitative estimate of drug-likeness (QED) is 0.244. The van der Waals surface area contributed by atoms with Crippen molar-refractivity contribution in [2.75, 3.05) is 5.32 Å². The summed E-state index contributed by atoms with van der Waals surface area (Å²) in [5.41, 5.74) is 4.82. The number of aryl methyl sites for hydroxylation is 1. The van der Waals surface area contributed by atoms with Crippen LogP contribution in [0.15, 0.2) is 107 Å². The first-order chi connectivity index (χ1) is 17.6. The van der Waals surface area contributed by atoms with Crippen molar-refractivity contribution in [3.05, 3.63) is 109 Å². The van der Waals surface area contributed by atoms with E-state index in [9.17, 15) is 4.79 Å². The van der Waals surface area contributed by atoms with E-state index in [2.05, 4.69) is 27.6 Å². The van der Waals surface area contributed by atoms with Crippen LogP contribution >= 0.6 is 11.8 Å². The maximum Gasteiger partial charge on any atom is 0.237 e. The van der Waals surface area contributed by atoms with E-state index in [-0.39, 0.29) is 5.91 Å². The molecule has 0 aliphatic carbocycles. The fraction of sp³-hybridized carbons (Fsp3) is 0.138. The number of hydrogen-bond donors (Lipinski definition) is 1. The minimum atomic E-state index is -0.397. The predicted octanol–water partition coefficient (Wildman–Crippen LogP) is 6.68. The molecular formula is C29H26N4O2S. The van der Waals surface area contributed by atoms with Crippen LogP contribution in [0.4, 0.5) is 5.69 Å². The van der Waals surface area contributed by atoms with Crippen molar-refractivity contribution >= 4 is 23.4 Å². The third-order valence-electron chi connectivity index (χ3n) is 5.92. The fourth-order valence-electron chi connectivity index (χ4n) is 4.01. The van der Waals surface area contributed by atoms with E-state index in [4.69, 9.17) is 4.42 Å². The number of nitrogens with zero attached hydrogens (tertiary/aromatic N) is 3. The summed E-state index contributed by atoms with van der Waals surface area (Å²) < 4.78 is 7.56. The molecule has 2 aromatic heterocycles. The Bertz CT molecular complexity index is 1460. The molecule has 5 aromatic rings. The average Bonchev–Trinajstić information content (AvgIpc) is 3.50. The Hall–Kier alpha value is -4.10. The molecule has 2 heterocycles. The number of rotatable bonds is 8. The van der Waals surface area contributed by atoms with E-state index in [0.717, 1.165) is 39.5 Å². The summed E-state index contributed by atoms with van der Waals surface area (Å²) >= 11 is 1.39. The zero-order chi connectivity index (χ0) is 24.9. The summed E-state index contributed by atoms with van der Waals surface area (Å²) in [5, 5.41) is 12.3. The zero-order valence-corrected chi connectivity index (χ0v) is 20.9. The summed E-state index contributed by atoms with van der Waals surface area (Å²) in [4.78, 5) is 13.3. The molecule has 0 bridgehead atoms. The van der Waals surface area contributed by atoms with E-state index in [0.29, 0.717) is 11.7 Å². The Morgan fingerprint density at radius 3 is 2.33 bits per heavy atom. The molecule has 5 rings (SSSR count). The lowest BCUT2D eigenvalue weighted by Crippen LogP contribution is -2.23. The van der Waals surface area contributed by atoms with E-state index in [1.54, 1.807) is 6.26 Å². The Kier molecular flexibility index (Phi) is 7.00. The van der Waals surface area contributed by atoms with Crippen LogP contribution < -0.4 is 5.32 Å². The first kappa shape index (κ1) is 23.6. The third kappa shape index (κ3) is 5.11. The molecule has 0 radical (unpaired) electrons. The summed E-state index contributed by atoms with van der Waals surface area (Å²) in [6, 6.07) is 29.9. The minimum Gasteiger partial charge on any atom is -0.469 e. The minimum absolute atomic E-state index is 0.0984. The van der Waals surface area contributed by atoms with Gasteiger partial charge in [0, 0.05) is 11.3 Å². The van der Waals surface area contributed by atoms with Gasteiger partial charge in [-0.1, -0.05) is 90.6 Å². The molecule has 0 aliphatic rings. The number of hydrogen-bond acceptors (Lipinski definition) is 5. The maximum absolute atomic E-state index is 13.3. The molecule has 36 heavy (non-hydrogen) atoms. The molecule has 0 saturated carbocycles. The first-order valence-electron chi connectivity index (χ1n) is 11.7. The standard InChI is InChI=1S/C29H26N4O2S/c1-20-24(17-18-35-20)27-31-32-29(33(27)19-22-11-5-3-6-12-22)36-21(2)28(34)30-26-16-10-9-15-25(26)23-13-7-4-8-14-23/h3-18,21H,19H2,1-2H3,(H,30,34)/t21-/m0/s1. The number of benzene rings is 3. The van der Waals surface area contributed by atoms with Crippen LogP contribution in [0.5, 0.6) is 0 Å². The number of anilines is 1. The van der Waals surface area contributed by atoms with E-state index >= 15 is 0 Å². The van der Waals surface area contributed by atoms with E-state index < -0.39 is 5.25 Å². The van der Waals surface area contributed by atoms with Crippen molar-refractivity contribution in [2.45, 2.75) is 30.8 Å². The smallest absolute Gasteiger partial charge is 0.237 e. The topological polar surface area (TPSA) is 72.9 Å². The molecular weight excluding hydrogens is 468 g/mol. The second kappa shape index (κ2) is 10.7. The number of thioether (sulfide) groups is 1. The van der Waals surface area contributed by atoms with Gasteiger partial charge in [0.05, 0.1) is 23.6 Å². The van der Waals surface area contributed by atoms with Crippen LogP contribution in [0.2, 0.25) is 0 Å². The molecule has 7 heteroatoms. The van der Waals surface area contributed by atoms with Gasteiger partial charge in [0.15, 0.2) is 11.0 Å². The number of amides is 1. The largest absolute Gasteiger partial charge is 0.469 e. The Morgan fingerprint density at radius 1 is 0.917 bits per heavy atom. The molecule has 0 spiro atoms. The van der Waals surface area contributed by atoms with Crippen molar-refractivity contribution in [3.63, 3.8) is 0 Å². The monoisotopic (exact) mass is 494 g/mol. The number of furan rings is 1. The van der Waals surface area contributed by atoms with Crippen LogP contribution in [0.1, 0.15) is 18.2 Å². The van der Waals surface area contributed by atoms with Crippen LogP contribution in [-0.2, 0) is 11.3 Å². The second-order valence-electron chi connectivity index (χ2n) is 8.43. The van der Waals surface area contributed by atoms with Gasteiger partial charge in [-0.25, -0.2) is 0 Å². The lowest BCUT2D eigenvalue weighted by atomic mass is 10.0. The van der Waals surface area contributed by atoms with Crippen LogP contribution in [-0.4, -0.2) is 25.9 Å². The number of nitrogens with one attached hydrogen (secondary N) is 1. The van der Waals surface area contributed by atoms with Gasteiger partial charge in [-0.05, 0) is 37.1 Å². The van der Waals surface area contributed by atoms with Crippen LogP contribution in [0.25, 0.3) is 22.5 Å². The highest BCUT2D eigenvalue weighted by molar-refractivity contribution is 8.00. The molecule has 1 amide bonds. The Morgan fingerprint density at radius 2 is 1.61 bits per heavy atom. The summed E-state index contributed by atoms with van der Waals surface area (Å²) in [6.07, 6.45) is 1.65. The normalized spacial score (nSPS) is 11.8. The van der Waals surface area contributed by atoms with Crippen molar-refractivity contribution in [2.24, 2.45) is 0 Å². The van der Waals surface area contributed by atoms with Gasteiger partial charge in [-0.3, -0.25) is 9.36 Å². The van der Waals surface area contributed by atoms with Crippen molar-refractivity contribution in [1.29, 1.82) is 0 Å². The summed E-state index contributed by atoms with van der Waals surface area (Å²) in [5.74, 6) is 1.39. The highest BCUT2D eigenvalue weighted by atomic mass is 32.2. The molecule has 0 aliphatic heterocycles. The zero-order valence-electron chi connectivity index (χ0n) is 20.1. The Labute approximate surface area is 214 Å². The third-order valence-corrected chi connectivity index (χ3v) is 7.00. The lowest BCUT2D eigenvalue weighted by Gasteiger charge is -2.16. The lowest BCUT2D eigenvalue weighted by molar-refractivity contribution is -0.115. The molecule has 6 nitrogen and oxygen atoms in total. The highest BCUT2D eigenvalue weighted by Crippen LogP contribution is 2.32. The van der Waals surface area contributed by atoms with Crippen LogP contribution in [0, 0.1) is 6.92 Å². The van der Waals surface area contributed by atoms with Gasteiger partial charge in [0.25, 0.3) is 0 Å². The Balaban J connectivity index is 1.39. The van der Waals surface area contributed by atoms with Gasteiger partial charge in [0.2, 0.25) is 5.91 Å². The SMILES string of the molecule is Cc1occc1-c1nnc(S[C@@H](C)C(=O)Nc2ccccc2-c2ccccc2)n1Cc1ccccc1. The van der Waals surface area contributed by atoms with Crippen molar-refractivity contribution in [1.82, 2.24) is 14.8 Å². The number of carbonyl (C=O) groups excluding carboxylic acids is 1. The number of aromatic nitrogens is 3. The summed E-state index contributed by atoms with van der Waals surface area (Å²) in [7, 11) is 0. The number of carbonyl (C=O) groups is 1. The second-order valence-corrected chi connectivity index (χ2v) is 9.74. The van der Waals surface area contributed by atoms with E-state index in [1.807, 2.05) is 97.3 Å². The highest BCUT2D eigenvalue weighted by Gasteiger charge is 2.23. The van der Waals surface area contributed by atoms with Crippen molar-refractivity contribution in [3.8, 4) is 22.5 Å². The van der Waals surface area contributed by atoms with Gasteiger partial charge in [-0.15, -0.1) is 10.2 Å². The molecule has 0 fully saturated rings. The van der Waals surface area contributed by atoms with E-state index in [1.165, 1.54) is 11.8 Å². The van der Waals surface area contributed by atoms with Crippen molar-refractivity contribution < 1.29 is 9.21 Å². The first-order valence-corrected chi connectivity index (χ1v) is 12.6. The van der Waals surface area contributed by atoms with Gasteiger partial charge < -0.3 is 9.73 Å². The molecule has 0 saturated heterocycles. The fourth-order valence-corrected chi connectivity index (χ4v) is 4.86. The average molecular weight is 495 g/mol. The molecule has 3 aromatic carbocycles. The molecule has 1 N–H and O–H groups in total. The number of para-hydroxylation sites is 1. The molecule has 0 unspecified atom stereocenters. The molecule has 1 atom stereocenters. The van der Waals surface area contributed by atoms with Gasteiger partial charge in [0.1, 0.15) is 5.76 Å². The van der Waals surface area contributed by atoms with Gasteiger partial charge >= 0.3 is 0 Å². The predicted molar refractivity (Wildman–Crippen MR) is 144 cm³/mol. The summed E-state index contributed by atoms with van der Waals surface area (Å²) in [6.45, 7) is 4.38. The van der Waals surface area contributed by atoms with Gasteiger partial charge in [-0.2, -0.15) is 0 Å². The van der Waals surface area contributed by atoms with Crippen LogP contribution in [0.3, 0.4) is 0 Å².